The SMILES string of the molecule is CCCCCCCCCCCC[S+](C)Cc1ccc(F)cc1.[Cl-]. The van der Waals surface area contributed by atoms with E-state index >= 15 is 0 Å². The third-order valence-electron chi connectivity index (χ3n) is 4.17. The second-order valence-corrected chi connectivity index (χ2v) is 8.70. The molecular formula is C20H34ClFS. The van der Waals surface area contributed by atoms with Gasteiger partial charge in [-0.3, -0.25) is 0 Å². The van der Waals surface area contributed by atoms with Gasteiger partial charge in [0.05, 0.1) is 6.26 Å². The minimum absolute atomic E-state index is 0. The van der Waals surface area contributed by atoms with Crippen molar-refractivity contribution >= 4 is 10.9 Å². The van der Waals surface area contributed by atoms with Gasteiger partial charge in [0.15, 0.2) is 0 Å². The highest BCUT2D eigenvalue weighted by Crippen LogP contribution is 2.13. The highest BCUT2D eigenvalue weighted by Gasteiger charge is 2.11. The standard InChI is InChI=1S/C20H34FS.ClH/c1-3-4-5-6-7-8-9-10-11-12-17-22(2)18-19-13-15-20(21)16-14-19;/h13-16H,3-12,17-18H2,1-2H3;1H/q+1;/p-1. The van der Waals surface area contributed by atoms with E-state index in [1.54, 1.807) is 12.1 Å². The molecule has 0 fully saturated rings. The Bertz CT molecular complexity index is 366. The van der Waals surface area contributed by atoms with Gasteiger partial charge >= 0.3 is 0 Å². The molecule has 3 heteroatoms. The van der Waals surface area contributed by atoms with Crippen LogP contribution in [0.4, 0.5) is 4.39 Å². The van der Waals surface area contributed by atoms with Crippen molar-refractivity contribution in [1.82, 2.24) is 0 Å². The first-order valence-electron chi connectivity index (χ1n) is 9.06. The van der Waals surface area contributed by atoms with Crippen molar-refractivity contribution in [2.75, 3.05) is 12.0 Å². The van der Waals surface area contributed by atoms with E-state index in [2.05, 4.69) is 13.2 Å². The largest absolute Gasteiger partial charge is 1.00 e. The highest BCUT2D eigenvalue weighted by atomic mass is 35.5. The van der Waals surface area contributed by atoms with Gasteiger partial charge in [-0.05, 0) is 35.9 Å². The van der Waals surface area contributed by atoms with Gasteiger partial charge in [-0.1, -0.05) is 70.4 Å². The second kappa shape index (κ2) is 15.3. The lowest BCUT2D eigenvalue weighted by Gasteiger charge is -2.05. The lowest BCUT2D eigenvalue weighted by atomic mass is 10.1. The van der Waals surface area contributed by atoms with Crippen LogP contribution in [0.25, 0.3) is 0 Å². The maximum absolute atomic E-state index is 12.9. The normalized spacial score (nSPS) is 12.0. The van der Waals surface area contributed by atoms with Gasteiger partial charge in [0.2, 0.25) is 0 Å². The molecular weight excluding hydrogens is 327 g/mol. The molecule has 1 aromatic carbocycles. The zero-order chi connectivity index (χ0) is 16.0. The molecule has 0 aliphatic rings. The lowest BCUT2D eigenvalue weighted by Crippen LogP contribution is -3.00. The van der Waals surface area contributed by atoms with Crippen molar-refractivity contribution in [2.45, 2.75) is 76.9 Å². The predicted octanol–water partition coefficient (Wildman–Crippen LogP) is 3.50. The van der Waals surface area contributed by atoms with Gasteiger partial charge in [-0.25, -0.2) is 4.39 Å². The van der Waals surface area contributed by atoms with Crippen LogP contribution in [0.5, 0.6) is 0 Å². The summed E-state index contributed by atoms with van der Waals surface area (Å²) >= 11 is 0. The Morgan fingerprint density at radius 2 is 1.26 bits per heavy atom. The van der Waals surface area contributed by atoms with Crippen LogP contribution in [-0.4, -0.2) is 12.0 Å². The molecule has 0 spiro atoms. The van der Waals surface area contributed by atoms with Gasteiger partial charge in [-0.15, -0.1) is 0 Å². The zero-order valence-electron chi connectivity index (χ0n) is 15.0. The molecule has 0 nitrogen and oxygen atoms in total. The first-order chi connectivity index (χ1) is 10.7. The minimum atomic E-state index is -0.130. The summed E-state index contributed by atoms with van der Waals surface area (Å²) in [6.07, 6.45) is 16.4. The summed E-state index contributed by atoms with van der Waals surface area (Å²) in [7, 11) is 0.437. The maximum atomic E-state index is 12.9. The van der Waals surface area contributed by atoms with E-state index < -0.39 is 0 Å². The van der Waals surface area contributed by atoms with Crippen LogP contribution in [-0.2, 0) is 16.6 Å². The molecule has 1 rings (SSSR count). The predicted molar refractivity (Wildman–Crippen MR) is 100 cm³/mol. The van der Waals surface area contributed by atoms with E-state index in [1.807, 2.05) is 12.1 Å². The number of benzene rings is 1. The third-order valence-corrected chi connectivity index (χ3v) is 5.98. The Kier molecular flexibility index (Phi) is 15.2. The van der Waals surface area contributed by atoms with Gasteiger partial charge in [0, 0.05) is 5.56 Å². The van der Waals surface area contributed by atoms with Crippen LogP contribution in [0.1, 0.15) is 76.7 Å². The lowest BCUT2D eigenvalue weighted by molar-refractivity contribution is -0.00000545. The van der Waals surface area contributed by atoms with E-state index in [-0.39, 0.29) is 18.2 Å². The first-order valence-corrected chi connectivity index (χ1v) is 11.0. The second-order valence-electron chi connectivity index (χ2n) is 6.44. The molecule has 0 radical (unpaired) electrons. The molecule has 1 aromatic rings. The number of hydrogen-bond acceptors (Lipinski definition) is 0. The Morgan fingerprint density at radius 1 is 0.783 bits per heavy atom. The number of halogens is 2. The van der Waals surface area contributed by atoms with E-state index in [0.29, 0.717) is 10.9 Å². The summed E-state index contributed by atoms with van der Waals surface area (Å²) in [6.45, 7) is 2.28. The van der Waals surface area contributed by atoms with Crippen LogP contribution in [0.3, 0.4) is 0 Å². The number of hydrogen-bond donors (Lipinski definition) is 0. The smallest absolute Gasteiger partial charge is 0.132 e. The van der Waals surface area contributed by atoms with Gasteiger partial charge in [0.25, 0.3) is 0 Å². The zero-order valence-corrected chi connectivity index (χ0v) is 16.5. The van der Waals surface area contributed by atoms with E-state index in [1.165, 1.54) is 75.5 Å². The van der Waals surface area contributed by atoms with Crippen molar-refractivity contribution < 1.29 is 16.8 Å². The van der Waals surface area contributed by atoms with Crippen LogP contribution in [0.15, 0.2) is 24.3 Å². The van der Waals surface area contributed by atoms with Crippen molar-refractivity contribution in [3.63, 3.8) is 0 Å². The molecule has 1 atom stereocenters. The Hall–Kier alpha value is -0.210. The molecule has 0 bridgehead atoms. The Morgan fingerprint density at radius 3 is 1.78 bits per heavy atom. The van der Waals surface area contributed by atoms with Gasteiger partial charge in [0.1, 0.15) is 17.3 Å². The van der Waals surface area contributed by atoms with Crippen molar-refractivity contribution in [3.05, 3.63) is 35.6 Å². The molecule has 134 valence electrons. The summed E-state index contributed by atoms with van der Waals surface area (Å²) in [5.74, 6) is 2.31. The fourth-order valence-electron chi connectivity index (χ4n) is 2.77. The fraction of sp³-hybridized carbons (Fsp3) is 0.700. The summed E-state index contributed by atoms with van der Waals surface area (Å²) in [6, 6.07) is 7.01. The van der Waals surface area contributed by atoms with E-state index in [0.717, 1.165) is 5.75 Å². The molecule has 0 saturated carbocycles. The molecule has 0 aliphatic carbocycles. The fourth-order valence-corrected chi connectivity index (χ4v) is 4.38. The number of unbranched alkanes of at least 4 members (excludes halogenated alkanes) is 9. The summed E-state index contributed by atoms with van der Waals surface area (Å²) in [4.78, 5) is 0. The van der Waals surface area contributed by atoms with Crippen molar-refractivity contribution in [1.29, 1.82) is 0 Å². The van der Waals surface area contributed by atoms with Crippen LogP contribution in [0.2, 0.25) is 0 Å². The monoisotopic (exact) mass is 360 g/mol. The molecule has 0 aromatic heterocycles. The quantitative estimate of drug-likeness (QED) is 0.373. The summed E-state index contributed by atoms with van der Waals surface area (Å²) in [5, 5.41) is 0. The number of rotatable bonds is 13. The van der Waals surface area contributed by atoms with Crippen LogP contribution < -0.4 is 12.4 Å². The molecule has 23 heavy (non-hydrogen) atoms. The van der Waals surface area contributed by atoms with E-state index in [4.69, 9.17) is 0 Å². The van der Waals surface area contributed by atoms with Crippen LogP contribution in [0, 0.1) is 5.82 Å². The Labute approximate surface area is 152 Å². The summed E-state index contributed by atoms with van der Waals surface area (Å²) in [5.41, 5.74) is 1.28. The molecule has 0 N–H and O–H groups in total. The topological polar surface area (TPSA) is 0 Å². The van der Waals surface area contributed by atoms with Crippen LogP contribution >= 0.6 is 0 Å². The first kappa shape index (κ1) is 22.8. The van der Waals surface area contributed by atoms with Crippen molar-refractivity contribution in [2.24, 2.45) is 0 Å². The molecule has 0 aliphatic heterocycles. The average Bonchev–Trinajstić information content (AvgIpc) is 2.51. The maximum Gasteiger partial charge on any atom is 0.132 e. The highest BCUT2D eigenvalue weighted by molar-refractivity contribution is 7.95. The Balaban J connectivity index is 0.00000484. The molecule has 0 heterocycles. The third kappa shape index (κ3) is 12.8. The minimum Gasteiger partial charge on any atom is -1.00 e. The molecule has 1 unspecified atom stereocenters. The summed E-state index contributed by atoms with van der Waals surface area (Å²) < 4.78 is 12.9. The molecule has 0 amide bonds. The molecule has 0 saturated heterocycles. The van der Waals surface area contributed by atoms with E-state index in [9.17, 15) is 4.39 Å². The van der Waals surface area contributed by atoms with Gasteiger partial charge in [-0.2, -0.15) is 0 Å². The average molecular weight is 361 g/mol. The van der Waals surface area contributed by atoms with Crippen molar-refractivity contribution in [3.8, 4) is 0 Å². The van der Waals surface area contributed by atoms with Gasteiger partial charge < -0.3 is 12.4 Å².